The highest BCUT2D eigenvalue weighted by molar-refractivity contribution is 5.63. The molecule has 0 bridgehead atoms. The van der Waals surface area contributed by atoms with Crippen molar-refractivity contribution in [1.82, 2.24) is 14.7 Å². The summed E-state index contributed by atoms with van der Waals surface area (Å²) in [5.41, 5.74) is 2.00. The molecule has 164 valence electrons. The molecular weight excluding hydrogens is 410 g/mol. The molecule has 1 aliphatic heterocycles. The van der Waals surface area contributed by atoms with Crippen LogP contribution in [0.2, 0.25) is 0 Å². The molecule has 0 aliphatic carbocycles. The molecule has 0 unspecified atom stereocenters. The van der Waals surface area contributed by atoms with Gasteiger partial charge in [0.1, 0.15) is 5.82 Å². The average molecular weight is 433 g/mol. The number of hydrogen-bond donors (Lipinski definition) is 0. The van der Waals surface area contributed by atoms with Crippen LogP contribution in [-0.2, 0) is 17.5 Å². The first-order valence-corrected chi connectivity index (χ1v) is 10.1. The number of halogens is 4. The van der Waals surface area contributed by atoms with Crippen molar-refractivity contribution in [2.45, 2.75) is 31.7 Å². The van der Waals surface area contributed by atoms with Crippen molar-refractivity contribution in [2.24, 2.45) is 0 Å². The van der Waals surface area contributed by atoms with Gasteiger partial charge in [0.25, 0.3) is 0 Å². The van der Waals surface area contributed by atoms with E-state index in [0.29, 0.717) is 23.5 Å². The fourth-order valence-corrected chi connectivity index (χ4v) is 3.85. The van der Waals surface area contributed by atoms with Crippen LogP contribution in [0.4, 0.5) is 17.6 Å². The van der Waals surface area contributed by atoms with Crippen LogP contribution < -0.4 is 0 Å². The molecule has 0 N–H and O–H groups in total. The van der Waals surface area contributed by atoms with Crippen molar-refractivity contribution in [3.8, 4) is 16.9 Å². The molecular formula is C23H23F4N3O. The highest BCUT2D eigenvalue weighted by atomic mass is 19.4. The lowest BCUT2D eigenvalue weighted by Gasteiger charge is -2.30. The van der Waals surface area contributed by atoms with E-state index in [4.69, 9.17) is 9.84 Å². The molecule has 0 amide bonds. The summed E-state index contributed by atoms with van der Waals surface area (Å²) in [6, 6.07) is 12.8. The highest BCUT2D eigenvalue weighted by Crippen LogP contribution is 2.32. The summed E-state index contributed by atoms with van der Waals surface area (Å²) in [4.78, 5) is 2.28. The van der Waals surface area contributed by atoms with Crippen molar-refractivity contribution in [3.05, 3.63) is 71.7 Å². The van der Waals surface area contributed by atoms with Crippen LogP contribution in [0.3, 0.4) is 0 Å². The maximum atomic E-state index is 13.4. The minimum Gasteiger partial charge on any atom is -0.381 e. The molecule has 0 saturated carbocycles. The monoisotopic (exact) mass is 433 g/mol. The second-order valence-corrected chi connectivity index (χ2v) is 7.70. The summed E-state index contributed by atoms with van der Waals surface area (Å²) in [6.07, 6.45) is -2.23. The topological polar surface area (TPSA) is 30.3 Å². The van der Waals surface area contributed by atoms with Crippen molar-refractivity contribution in [3.63, 3.8) is 0 Å². The van der Waals surface area contributed by atoms with Crippen molar-refractivity contribution < 1.29 is 22.3 Å². The van der Waals surface area contributed by atoms with Gasteiger partial charge in [-0.1, -0.05) is 12.1 Å². The Morgan fingerprint density at radius 2 is 1.65 bits per heavy atom. The Labute approximate surface area is 178 Å². The summed E-state index contributed by atoms with van der Waals surface area (Å²) in [6.45, 7) is 2.40. The number of rotatable bonds is 5. The molecule has 1 aliphatic rings. The molecule has 1 fully saturated rings. The van der Waals surface area contributed by atoms with Crippen LogP contribution in [0, 0.1) is 5.82 Å². The van der Waals surface area contributed by atoms with Crippen molar-refractivity contribution in [2.75, 3.05) is 20.2 Å². The van der Waals surface area contributed by atoms with Crippen LogP contribution >= 0.6 is 0 Å². The minimum absolute atomic E-state index is 0.274. The van der Waals surface area contributed by atoms with Gasteiger partial charge in [0, 0.05) is 32.3 Å². The van der Waals surface area contributed by atoms with Crippen molar-refractivity contribution in [1.29, 1.82) is 0 Å². The molecule has 1 saturated heterocycles. The number of ether oxygens (including phenoxy) is 1. The van der Waals surface area contributed by atoms with Gasteiger partial charge in [-0.3, -0.25) is 4.90 Å². The van der Waals surface area contributed by atoms with Gasteiger partial charge in [0.05, 0.1) is 28.7 Å². The molecule has 1 aromatic heterocycles. The van der Waals surface area contributed by atoms with Crippen LogP contribution in [0.5, 0.6) is 0 Å². The molecule has 2 aromatic carbocycles. The van der Waals surface area contributed by atoms with E-state index in [0.717, 1.165) is 43.8 Å². The van der Waals surface area contributed by atoms with Crippen molar-refractivity contribution >= 4 is 0 Å². The van der Waals surface area contributed by atoms with E-state index in [1.54, 1.807) is 23.9 Å². The van der Waals surface area contributed by atoms with Gasteiger partial charge in [0.2, 0.25) is 0 Å². The van der Waals surface area contributed by atoms with E-state index in [-0.39, 0.29) is 11.9 Å². The van der Waals surface area contributed by atoms with E-state index in [9.17, 15) is 17.6 Å². The summed E-state index contributed by atoms with van der Waals surface area (Å²) < 4.78 is 59.3. The molecule has 4 rings (SSSR count). The highest BCUT2D eigenvalue weighted by Gasteiger charge is 2.30. The molecule has 8 heteroatoms. The average Bonchev–Trinajstić information content (AvgIpc) is 3.18. The first kappa shape index (κ1) is 21.5. The van der Waals surface area contributed by atoms with Crippen LogP contribution in [-0.4, -0.2) is 41.0 Å². The third-order valence-corrected chi connectivity index (χ3v) is 5.59. The predicted octanol–water partition coefficient (Wildman–Crippen LogP) is 5.31. The molecule has 0 radical (unpaired) electrons. The van der Waals surface area contributed by atoms with Gasteiger partial charge in [0.15, 0.2) is 0 Å². The van der Waals surface area contributed by atoms with E-state index < -0.39 is 11.7 Å². The van der Waals surface area contributed by atoms with Crippen LogP contribution in [0.1, 0.15) is 24.1 Å². The van der Waals surface area contributed by atoms with Gasteiger partial charge < -0.3 is 4.74 Å². The molecule has 0 spiro atoms. The lowest BCUT2D eigenvalue weighted by Crippen LogP contribution is -2.36. The summed E-state index contributed by atoms with van der Waals surface area (Å²) >= 11 is 0. The molecule has 31 heavy (non-hydrogen) atoms. The first-order valence-electron chi connectivity index (χ1n) is 10.1. The predicted molar refractivity (Wildman–Crippen MR) is 109 cm³/mol. The third kappa shape index (κ3) is 4.97. The first-order chi connectivity index (χ1) is 14.8. The van der Waals surface area contributed by atoms with Gasteiger partial charge in [-0.2, -0.15) is 18.3 Å². The third-order valence-electron chi connectivity index (χ3n) is 5.59. The Morgan fingerprint density at radius 1 is 1.00 bits per heavy atom. The molecule has 0 atom stereocenters. The van der Waals surface area contributed by atoms with Crippen LogP contribution in [0.15, 0.2) is 54.6 Å². The van der Waals surface area contributed by atoms with E-state index in [1.807, 2.05) is 6.07 Å². The smallest absolute Gasteiger partial charge is 0.381 e. The fraction of sp³-hybridized carbons (Fsp3) is 0.348. The normalized spacial score (nSPS) is 16.0. The largest absolute Gasteiger partial charge is 0.416 e. The Bertz CT molecular complexity index is 1000. The zero-order valence-corrected chi connectivity index (χ0v) is 17.1. The number of nitrogens with zero attached hydrogens (tertiary/aromatic N) is 3. The van der Waals surface area contributed by atoms with E-state index in [1.165, 1.54) is 24.3 Å². The number of benzene rings is 2. The maximum absolute atomic E-state index is 13.4. The quantitative estimate of drug-likeness (QED) is 0.511. The Balaban J connectivity index is 1.65. The number of alkyl halides is 3. The van der Waals surface area contributed by atoms with E-state index >= 15 is 0 Å². The number of methoxy groups -OCH3 is 1. The van der Waals surface area contributed by atoms with E-state index in [2.05, 4.69) is 4.90 Å². The Hall–Kier alpha value is -2.71. The number of aromatic nitrogens is 2. The van der Waals surface area contributed by atoms with Gasteiger partial charge in [-0.05, 0) is 55.3 Å². The SMILES string of the molecule is COC1CCN(Cc2cc(-c3ccc(C(F)(F)F)cc3)n(-c3ccc(F)cc3)n2)CC1. The molecule has 4 nitrogen and oxygen atoms in total. The van der Waals surface area contributed by atoms with Gasteiger partial charge in [-0.25, -0.2) is 9.07 Å². The van der Waals surface area contributed by atoms with Crippen LogP contribution in [0.25, 0.3) is 16.9 Å². The second-order valence-electron chi connectivity index (χ2n) is 7.70. The number of hydrogen-bond acceptors (Lipinski definition) is 3. The Morgan fingerprint density at radius 3 is 2.23 bits per heavy atom. The summed E-state index contributed by atoms with van der Waals surface area (Å²) in [5, 5.41) is 4.69. The summed E-state index contributed by atoms with van der Waals surface area (Å²) in [7, 11) is 1.72. The zero-order valence-electron chi connectivity index (χ0n) is 17.1. The zero-order chi connectivity index (χ0) is 22.0. The fourth-order valence-electron chi connectivity index (χ4n) is 3.85. The standard InChI is InChI=1S/C23H23F4N3O/c1-31-21-10-12-29(13-11-21)15-19-14-22(16-2-4-17(5-3-16)23(25,26)27)30(28-19)20-8-6-18(24)7-9-20/h2-9,14,21H,10-13,15H2,1H3. The lowest BCUT2D eigenvalue weighted by molar-refractivity contribution is -0.137. The van der Waals surface area contributed by atoms with Gasteiger partial charge in [-0.15, -0.1) is 0 Å². The summed E-state index contributed by atoms with van der Waals surface area (Å²) in [5.74, 6) is -0.367. The van der Waals surface area contributed by atoms with Gasteiger partial charge >= 0.3 is 6.18 Å². The second kappa shape index (κ2) is 8.80. The Kier molecular flexibility index (Phi) is 6.11. The lowest BCUT2D eigenvalue weighted by atomic mass is 10.1. The minimum atomic E-state index is -4.39. The maximum Gasteiger partial charge on any atom is 0.416 e. The molecule has 3 aromatic rings. The number of piperidine rings is 1. The molecule has 2 heterocycles. The number of likely N-dealkylation sites (tertiary alicyclic amines) is 1.